The summed E-state index contributed by atoms with van der Waals surface area (Å²) in [5.41, 5.74) is 9.23. The Hall–Kier alpha value is -1.22. The van der Waals surface area contributed by atoms with E-state index in [1.807, 2.05) is 12.1 Å². The van der Waals surface area contributed by atoms with Crippen LogP contribution in [-0.4, -0.2) is 24.3 Å². The minimum atomic E-state index is 0.266. The van der Waals surface area contributed by atoms with E-state index in [-0.39, 0.29) is 6.61 Å². The fraction of sp³-hybridized carbons (Fsp3) is 0.571. The van der Waals surface area contributed by atoms with Gasteiger partial charge >= 0.3 is 0 Å². The summed E-state index contributed by atoms with van der Waals surface area (Å²) in [6, 6.07) is 6.57. The van der Waals surface area contributed by atoms with Crippen LogP contribution in [-0.2, 0) is 0 Å². The van der Waals surface area contributed by atoms with Gasteiger partial charge in [-0.3, -0.25) is 0 Å². The van der Waals surface area contributed by atoms with Crippen LogP contribution >= 0.6 is 0 Å². The lowest BCUT2D eigenvalue weighted by atomic mass is 9.97. The zero-order valence-corrected chi connectivity index (χ0v) is 10.5. The molecule has 0 amide bonds. The third-order valence-corrected chi connectivity index (χ3v) is 3.75. The monoisotopic (exact) mass is 234 g/mol. The third kappa shape index (κ3) is 2.55. The van der Waals surface area contributed by atoms with Gasteiger partial charge < -0.3 is 15.7 Å². The van der Waals surface area contributed by atoms with Crippen molar-refractivity contribution < 1.29 is 5.11 Å². The van der Waals surface area contributed by atoms with Crippen molar-refractivity contribution in [3.63, 3.8) is 0 Å². The van der Waals surface area contributed by atoms with E-state index in [1.165, 1.54) is 24.9 Å². The molecule has 1 aliphatic rings. The Morgan fingerprint density at radius 3 is 3.00 bits per heavy atom. The van der Waals surface area contributed by atoms with Crippen molar-refractivity contribution in [3.8, 4) is 0 Å². The molecular formula is C14H22N2O. The molecule has 0 saturated carbocycles. The van der Waals surface area contributed by atoms with Crippen molar-refractivity contribution in [1.29, 1.82) is 0 Å². The fourth-order valence-electron chi connectivity index (χ4n) is 2.72. The van der Waals surface area contributed by atoms with Crippen LogP contribution in [0.3, 0.4) is 0 Å². The molecule has 1 atom stereocenters. The Balaban J connectivity index is 2.26. The molecule has 1 saturated heterocycles. The average Bonchev–Trinajstić information content (AvgIpc) is 2.34. The molecule has 0 aromatic heterocycles. The highest BCUT2D eigenvalue weighted by atomic mass is 16.3. The number of aliphatic hydroxyl groups excluding tert-OH is 1. The highest BCUT2D eigenvalue weighted by Crippen LogP contribution is 2.31. The van der Waals surface area contributed by atoms with Crippen molar-refractivity contribution in [1.82, 2.24) is 0 Å². The Kier molecular flexibility index (Phi) is 3.89. The van der Waals surface area contributed by atoms with Gasteiger partial charge in [0.2, 0.25) is 0 Å². The number of benzene rings is 1. The quantitative estimate of drug-likeness (QED) is 0.789. The number of anilines is 2. The van der Waals surface area contributed by atoms with E-state index in [9.17, 15) is 0 Å². The van der Waals surface area contributed by atoms with E-state index in [1.54, 1.807) is 0 Å². The van der Waals surface area contributed by atoms with Gasteiger partial charge in [-0.2, -0.15) is 0 Å². The van der Waals surface area contributed by atoms with E-state index < -0.39 is 0 Å². The van der Waals surface area contributed by atoms with Crippen molar-refractivity contribution in [2.45, 2.75) is 38.6 Å². The first-order valence-electron chi connectivity index (χ1n) is 6.46. The second-order valence-corrected chi connectivity index (χ2v) is 4.85. The largest absolute Gasteiger partial charge is 0.398 e. The smallest absolute Gasteiger partial charge is 0.0450 e. The maximum atomic E-state index is 9.16. The number of nitrogens with zero attached hydrogens (tertiary/aromatic N) is 1. The molecule has 0 radical (unpaired) electrons. The summed E-state index contributed by atoms with van der Waals surface area (Å²) in [6.45, 7) is 3.42. The van der Waals surface area contributed by atoms with Gasteiger partial charge in [-0.1, -0.05) is 6.07 Å². The molecule has 1 heterocycles. The van der Waals surface area contributed by atoms with Crippen LogP contribution in [0, 0.1) is 6.92 Å². The van der Waals surface area contributed by atoms with Crippen LogP contribution in [0.4, 0.5) is 11.4 Å². The highest BCUT2D eigenvalue weighted by Gasteiger charge is 2.23. The van der Waals surface area contributed by atoms with Gasteiger partial charge in [0.25, 0.3) is 0 Å². The molecule has 1 fully saturated rings. The maximum absolute atomic E-state index is 9.16. The molecule has 1 aliphatic heterocycles. The number of hydrogen-bond acceptors (Lipinski definition) is 3. The average molecular weight is 234 g/mol. The number of rotatable bonds is 3. The zero-order valence-electron chi connectivity index (χ0n) is 10.5. The second kappa shape index (κ2) is 5.41. The van der Waals surface area contributed by atoms with E-state index in [2.05, 4.69) is 17.9 Å². The number of aliphatic hydroxyl groups is 1. The Morgan fingerprint density at radius 2 is 2.24 bits per heavy atom. The first-order valence-corrected chi connectivity index (χ1v) is 6.46. The molecule has 1 aromatic carbocycles. The molecule has 0 aliphatic carbocycles. The minimum absolute atomic E-state index is 0.266. The lowest BCUT2D eigenvalue weighted by Gasteiger charge is -2.38. The summed E-state index contributed by atoms with van der Waals surface area (Å²) >= 11 is 0. The van der Waals surface area contributed by atoms with Crippen LogP contribution < -0.4 is 10.6 Å². The second-order valence-electron chi connectivity index (χ2n) is 4.85. The topological polar surface area (TPSA) is 49.5 Å². The fourth-order valence-corrected chi connectivity index (χ4v) is 2.72. The van der Waals surface area contributed by atoms with Gasteiger partial charge in [-0.15, -0.1) is 0 Å². The van der Waals surface area contributed by atoms with Crippen LogP contribution in [0.25, 0.3) is 0 Å². The Labute approximate surface area is 103 Å². The van der Waals surface area contributed by atoms with E-state index >= 15 is 0 Å². The number of piperidine rings is 1. The molecule has 0 spiro atoms. The van der Waals surface area contributed by atoms with Crippen molar-refractivity contribution in [2.24, 2.45) is 0 Å². The van der Waals surface area contributed by atoms with Gasteiger partial charge in [-0.05, 0) is 50.3 Å². The summed E-state index contributed by atoms with van der Waals surface area (Å²) in [5.74, 6) is 0. The van der Waals surface area contributed by atoms with Crippen LogP contribution in [0.1, 0.15) is 31.2 Å². The minimum Gasteiger partial charge on any atom is -0.398 e. The third-order valence-electron chi connectivity index (χ3n) is 3.75. The number of nitrogen functional groups attached to an aromatic ring is 1. The first kappa shape index (κ1) is 12.2. The predicted molar refractivity (Wildman–Crippen MR) is 72.3 cm³/mol. The van der Waals surface area contributed by atoms with Crippen molar-refractivity contribution in [2.75, 3.05) is 23.8 Å². The van der Waals surface area contributed by atoms with Gasteiger partial charge in [0.15, 0.2) is 0 Å². The van der Waals surface area contributed by atoms with Crippen molar-refractivity contribution in [3.05, 3.63) is 23.8 Å². The maximum Gasteiger partial charge on any atom is 0.0450 e. The normalized spacial score (nSPS) is 20.6. The molecule has 94 valence electrons. The predicted octanol–water partition coefficient (Wildman–Crippen LogP) is 2.32. The Bertz CT molecular complexity index is 376. The van der Waals surface area contributed by atoms with Gasteiger partial charge in [0.1, 0.15) is 0 Å². The molecule has 3 heteroatoms. The molecule has 1 aromatic rings. The summed E-state index contributed by atoms with van der Waals surface area (Å²) in [4.78, 5) is 2.42. The van der Waals surface area contributed by atoms with Crippen LogP contribution in [0.15, 0.2) is 18.2 Å². The highest BCUT2D eigenvalue weighted by molar-refractivity contribution is 5.64. The molecule has 17 heavy (non-hydrogen) atoms. The van der Waals surface area contributed by atoms with Crippen LogP contribution in [0.5, 0.6) is 0 Å². The molecule has 3 N–H and O–H groups in total. The lowest BCUT2D eigenvalue weighted by molar-refractivity contribution is 0.262. The summed E-state index contributed by atoms with van der Waals surface area (Å²) in [7, 11) is 0. The van der Waals surface area contributed by atoms with E-state index in [0.29, 0.717) is 6.04 Å². The van der Waals surface area contributed by atoms with Gasteiger partial charge in [-0.25, -0.2) is 0 Å². The SMILES string of the molecule is Cc1c(N)cccc1N1CCCCC1CCO. The lowest BCUT2D eigenvalue weighted by Crippen LogP contribution is -2.40. The zero-order chi connectivity index (χ0) is 12.3. The van der Waals surface area contributed by atoms with Gasteiger partial charge in [0, 0.05) is 30.6 Å². The molecule has 2 rings (SSSR count). The van der Waals surface area contributed by atoms with Crippen LogP contribution in [0.2, 0.25) is 0 Å². The molecule has 0 bridgehead atoms. The summed E-state index contributed by atoms with van der Waals surface area (Å²) in [5, 5.41) is 9.16. The Morgan fingerprint density at radius 1 is 1.41 bits per heavy atom. The number of hydrogen-bond donors (Lipinski definition) is 2. The van der Waals surface area contributed by atoms with E-state index in [0.717, 1.165) is 24.2 Å². The van der Waals surface area contributed by atoms with E-state index in [4.69, 9.17) is 10.8 Å². The molecule has 1 unspecified atom stereocenters. The van der Waals surface area contributed by atoms with Crippen molar-refractivity contribution >= 4 is 11.4 Å². The molecular weight excluding hydrogens is 212 g/mol. The summed E-state index contributed by atoms with van der Waals surface area (Å²) < 4.78 is 0. The standard InChI is InChI=1S/C14H22N2O/c1-11-13(15)6-4-7-14(11)16-9-3-2-5-12(16)8-10-17/h4,6-7,12,17H,2-3,5,8-10,15H2,1H3. The molecule has 3 nitrogen and oxygen atoms in total. The first-order chi connectivity index (χ1) is 8.24. The summed E-state index contributed by atoms with van der Waals surface area (Å²) in [6.07, 6.45) is 4.53. The number of nitrogens with two attached hydrogens (primary N) is 1. The van der Waals surface area contributed by atoms with Gasteiger partial charge in [0.05, 0.1) is 0 Å².